The van der Waals surface area contributed by atoms with Crippen LogP contribution in [-0.2, 0) is 0 Å². The van der Waals surface area contributed by atoms with Gasteiger partial charge in [0.1, 0.15) is 10.6 Å². The van der Waals surface area contributed by atoms with Gasteiger partial charge in [-0.05, 0) is 35.9 Å². The molecule has 0 radical (unpaired) electrons. The molecule has 0 atom stereocenters. The number of hydrogen-bond donors (Lipinski definition) is 0. The molecule has 0 aliphatic carbocycles. The summed E-state index contributed by atoms with van der Waals surface area (Å²) in [5.74, 6) is -22.0. The molecule has 64 heavy (non-hydrogen) atoms. The molecule has 0 saturated carbocycles. The minimum atomic E-state index is -2.17. The van der Waals surface area contributed by atoms with Crippen LogP contribution in [-0.4, -0.2) is 39.4 Å². The molecular formula is C39H18Cl10F10O3PSb. The molecule has 0 unspecified atom stereocenters. The van der Waals surface area contributed by atoms with E-state index in [1.54, 1.807) is 0 Å². The molecule has 0 bridgehead atoms. The summed E-state index contributed by atoms with van der Waals surface area (Å²) in [6, 6.07) is 33.5. The second-order valence-corrected chi connectivity index (χ2v) is 19.5. The van der Waals surface area contributed by atoms with Crippen LogP contribution in [0.4, 0.5) is 43.9 Å². The molecule has 0 spiro atoms. The Balaban J connectivity index is 0.000000807. The zero-order chi connectivity index (χ0) is 48.4. The SMILES string of the molecule is ClC(Cl)Cl.ClC(Cl)Cl.Fc1[c-]c(F)c(F)c(F)c1F.Fc1[c-]c(F)c(F)c(F)c1F.[O-]C[P+](c1[c-]cccc1)(c1ccccc1)c1ccccc1.[O-]c1c([O-])c(Cl)c(Cl)c(Cl)c1Cl.[Sb+5]. The van der Waals surface area contributed by atoms with E-state index >= 15 is 0 Å². The van der Waals surface area contributed by atoms with Gasteiger partial charge in [0.15, 0.2) is 8.59 Å². The van der Waals surface area contributed by atoms with Crippen molar-refractivity contribution in [3.8, 4) is 11.5 Å². The number of hydrogen-bond acceptors (Lipinski definition) is 3. The van der Waals surface area contributed by atoms with Gasteiger partial charge in [-0.2, -0.15) is 18.2 Å². The Kier molecular flexibility index (Phi) is 29.9. The Bertz CT molecular complexity index is 2040. The molecule has 342 valence electrons. The summed E-state index contributed by atoms with van der Waals surface area (Å²) < 4.78 is 118. The van der Waals surface area contributed by atoms with E-state index in [4.69, 9.17) is 116 Å². The maximum absolute atomic E-state index is 12.4. The molecule has 0 aliphatic heterocycles. The van der Waals surface area contributed by atoms with E-state index in [0.717, 1.165) is 28.0 Å². The molecule has 0 aliphatic rings. The maximum atomic E-state index is 12.4. The van der Waals surface area contributed by atoms with E-state index < -0.39 is 95.6 Å². The summed E-state index contributed by atoms with van der Waals surface area (Å²) >= 11 is 50.5. The molecule has 25 heteroatoms. The van der Waals surface area contributed by atoms with E-state index in [0.29, 0.717) is 0 Å². The predicted molar refractivity (Wildman–Crippen MR) is 233 cm³/mol. The van der Waals surface area contributed by atoms with Crippen molar-refractivity contribution >= 4 is 164 Å². The summed E-state index contributed by atoms with van der Waals surface area (Å²) in [5, 5.41) is 36.3. The molecule has 0 heterocycles. The first-order chi connectivity index (χ1) is 29.4. The van der Waals surface area contributed by atoms with Gasteiger partial charge in [0.05, 0.1) is 85.5 Å². The van der Waals surface area contributed by atoms with Crippen LogP contribution in [0.15, 0.2) is 84.9 Å². The molecule has 0 N–H and O–H groups in total. The number of alkyl halides is 6. The summed E-state index contributed by atoms with van der Waals surface area (Å²) in [6.07, 6.45) is -0.137. The average molecular weight is 1230 g/mol. The van der Waals surface area contributed by atoms with Crippen molar-refractivity contribution in [2.75, 3.05) is 6.35 Å². The van der Waals surface area contributed by atoms with Gasteiger partial charge in [0.2, 0.25) is 0 Å². The largest absolute Gasteiger partial charge is 5.00 e. The fourth-order valence-electron chi connectivity index (χ4n) is 4.21. The molecule has 3 nitrogen and oxygen atoms in total. The van der Waals surface area contributed by atoms with Gasteiger partial charge in [0.25, 0.3) is 0 Å². The van der Waals surface area contributed by atoms with Crippen LogP contribution in [0.5, 0.6) is 11.5 Å². The normalized spacial score (nSPS) is 10.3. The summed E-state index contributed by atoms with van der Waals surface area (Å²) in [4.78, 5) is 0. The molecule has 0 aromatic heterocycles. The van der Waals surface area contributed by atoms with Crippen molar-refractivity contribution in [3.05, 3.63) is 181 Å². The Morgan fingerprint density at radius 1 is 0.453 bits per heavy atom. The fraction of sp³-hybridized carbons (Fsp3) is 0.0769. The van der Waals surface area contributed by atoms with Gasteiger partial charge in [0, 0.05) is 0 Å². The second kappa shape index (κ2) is 30.7. The Morgan fingerprint density at radius 2 is 0.734 bits per heavy atom. The topological polar surface area (TPSA) is 69.2 Å². The zero-order valence-electron chi connectivity index (χ0n) is 30.6. The van der Waals surface area contributed by atoms with Gasteiger partial charge in [-0.15, -0.1) is 24.3 Å². The van der Waals surface area contributed by atoms with Gasteiger partial charge < -0.3 is 15.3 Å². The number of halogens is 20. The van der Waals surface area contributed by atoms with E-state index in [1.807, 2.05) is 60.7 Å². The Morgan fingerprint density at radius 3 is 0.984 bits per heavy atom. The first-order valence-electron chi connectivity index (χ1n) is 15.8. The monoisotopic (exact) mass is 1230 g/mol. The van der Waals surface area contributed by atoms with Crippen molar-refractivity contribution in [1.82, 2.24) is 0 Å². The minimum absolute atomic E-state index is 0. The first kappa shape index (κ1) is 62.3. The van der Waals surface area contributed by atoms with Gasteiger partial charge in [-0.25, -0.2) is 26.3 Å². The van der Waals surface area contributed by atoms with Crippen LogP contribution in [0.25, 0.3) is 0 Å². The summed E-state index contributed by atoms with van der Waals surface area (Å²) in [6.45, 7) is 0. The molecular weight excluding hydrogens is 1210 g/mol. The molecule has 0 fully saturated rings. The van der Waals surface area contributed by atoms with Crippen LogP contribution < -0.4 is 31.2 Å². The summed E-state index contributed by atoms with van der Waals surface area (Å²) in [7, 11) is -2.15. The molecule has 0 amide bonds. The maximum Gasteiger partial charge on any atom is 5.00 e. The van der Waals surface area contributed by atoms with Crippen LogP contribution >= 0.6 is 123 Å². The third-order valence-electron chi connectivity index (χ3n) is 6.86. The van der Waals surface area contributed by atoms with Crippen molar-refractivity contribution in [2.24, 2.45) is 0 Å². The fourth-order valence-corrected chi connectivity index (χ4v) is 8.32. The Hall–Kier alpha value is -1.67. The predicted octanol–water partition coefficient (Wildman–Crippen LogP) is 12.5. The van der Waals surface area contributed by atoms with E-state index in [9.17, 15) is 59.2 Å². The zero-order valence-corrected chi connectivity index (χ0v) is 41.6. The van der Waals surface area contributed by atoms with E-state index in [2.05, 4.69) is 30.3 Å². The van der Waals surface area contributed by atoms with E-state index in [-0.39, 0.29) is 40.8 Å². The van der Waals surface area contributed by atoms with Gasteiger partial charge >= 0.3 is 24.4 Å². The van der Waals surface area contributed by atoms with E-state index in [1.165, 1.54) is 0 Å². The Labute approximate surface area is 427 Å². The quantitative estimate of drug-likeness (QED) is 0.0336. The number of rotatable bonds is 4. The van der Waals surface area contributed by atoms with Gasteiger partial charge in [-0.3, -0.25) is 17.6 Å². The molecule has 6 aromatic rings. The van der Waals surface area contributed by atoms with Crippen LogP contribution in [0, 0.1) is 76.4 Å². The van der Waals surface area contributed by atoms with Crippen molar-refractivity contribution in [3.63, 3.8) is 0 Å². The minimum Gasteiger partial charge on any atom is -0.872 e. The van der Waals surface area contributed by atoms with Gasteiger partial charge in [-0.1, -0.05) is 164 Å². The third-order valence-corrected chi connectivity index (χ3v) is 12.5. The van der Waals surface area contributed by atoms with Crippen molar-refractivity contribution < 1.29 is 59.2 Å². The van der Waals surface area contributed by atoms with Crippen LogP contribution in [0.2, 0.25) is 20.1 Å². The second-order valence-electron chi connectivity index (χ2n) is 10.7. The summed E-state index contributed by atoms with van der Waals surface area (Å²) in [5.41, 5.74) is 0. The van der Waals surface area contributed by atoms with Crippen molar-refractivity contribution in [2.45, 2.75) is 8.59 Å². The first-order valence-corrected chi connectivity index (χ1v) is 21.9. The average Bonchev–Trinajstić information content (AvgIpc) is 3.26. The smallest absolute Gasteiger partial charge is 0.872 e. The standard InChI is InChI=1S/C19H16OP.C6H2Cl4O2.2C6F5.2CHCl3.Sb/c20-16-21(17-10-4-1-5-11-17,18-12-6-2-7-13-18)19-14-8-3-9-15-19;7-1-2(8)4(10)6(12)5(11)3(1)9;2*7-2-1-3(8)5(10)6(11)4(2)9;2*2-1(3)4;/h1-14H,16H2;11-12H;;;2*1H;/q-1;;2*-1;;;+5/p-2. The third kappa shape index (κ3) is 18.4. The van der Waals surface area contributed by atoms with Crippen molar-refractivity contribution in [1.29, 1.82) is 0 Å². The van der Waals surface area contributed by atoms with Crippen LogP contribution in [0.3, 0.4) is 0 Å². The molecule has 6 aromatic carbocycles. The van der Waals surface area contributed by atoms with Crippen LogP contribution in [0.1, 0.15) is 0 Å². The molecule has 6 rings (SSSR count). The molecule has 0 saturated heterocycles. The number of benzene rings is 6.